The highest BCUT2D eigenvalue weighted by atomic mass is 32.1. The van der Waals surface area contributed by atoms with Crippen LogP contribution in [-0.2, 0) is 0 Å². The summed E-state index contributed by atoms with van der Waals surface area (Å²) in [5, 5.41) is 13.6. The number of para-hydroxylation sites is 2. The molecule has 1 aliphatic carbocycles. The molecule has 1 amide bonds. The zero-order chi connectivity index (χ0) is 22.5. The van der Waals surface area contributed by atoms with Crippen LogP contribution in [0, 0.1) is 6.92 Å². The van der Waals surface area contributed by atoms with Crippen LogP contribution >= 0.6 is 11.3 Å². The van der Waals surface area contributed by atoms with Crippen LogP contribution in [0.25, 0.3) is 11.1 Å². The summed E-state index contributed by atoms with van der Waals surface area (Å²) >= 11 is 1.15. The van der Waals surface area contributed by atoms with E-state index >= 15 is 0 Å². The topological polar surface area (TPSA) is 92.4 Å². The summed E-state index contributed by atoms with van der Waals surface area (Å²) in [6.07, 6.45) is 2.49. The number of nitrogens with one attached hydrogen (secondary N) is 1. The molecule has 0 fully saturated rings. The Morgan fingerprint density at radius 2 is 1.97 bits per heavy atom. The van der Waals surface area contributed by atoms with E-state index in [4.69, 9.17) is 9.52 Å². The molecule has 6 nitrogen and oxygen atoms in total. The number of allylic oxidation sites excluding steroid dienone is 6. The smallest absolute Gasteiger partial charge is 0.338 e. The van der Waals surface area contributed by atoms with Gasteiger partial charge in [-0.05, 0) is 42.2 Å². The number of benzene rings is 1. The maximum atomic E-state index is 12.3. The Morgan fingerprint density at radius 3 is 2.68 bits per heavy atom. The average molecular weight is 448 g/mol. The van der Waals surface area contributed by atoms with Crippen LogP contribution in [0.4, 0.5) is 18.2 Å². The first-order chi connectivity index (χ1) is 14.8. The third-order valence-electron chi connectivity index (χ3n) is 4.01. The number of hydrogen-bond acceptors (Lipinski definition) is 5. The van der Waals surface area contributed by atoms with Crippen LogP contribution in [0.1, 0.15) is 33.0 Å². The summed E-state index contributed by atoms with van der Waals surface area (Å²) in [5.41, 5.74) is 1.76. The van der Waals surface area contributed by atoms with Crippen molar-refractivity contribution < 1.29 is 32.3 Å². The third kappa shape index (κ3) is 5.28. The van der Waals surface area contributed by atoms with E-state index < -0.39 is 35.8 Å². The van der Waals surface area contributed by atoms with Crippen LogP contribution in [-0.4, -0.2) is 22.0 Å². The second-order valence-corrected chi connectivity index (χ2v) is 7.15. The molecule has 31 heavy (non-hydrogen) atoms. The molecular weight excluding hydrogens is 433 g/mol. The van der Waals surface area contributed by atoms with Gasteiger partial charge in [-0.2, -0.15) is 0 Å². The quantitative estimate of drug-likeness (QED) is 0.505. The standard InChI is InChI=1S/C14H10N2O4S.C7H5F3/c1-7-6-21-13(10(7)14(18)19)16-11(17)12-15-8-4-2-3-5-9(8)20-12;8-5-2-1-3-6(9)7(10)4-5/h2-6H,1H3,(H,16,17)(H,18,19);1-3H,4H2. The van der Waals surface area contributed by atoms with E-state index in [0.717, 1.165) is 29.6 Å². The van der Waals surface area contributed by atoms with Gasteiger partial charge in [0.05, 0.1) is 12.0 Å². The molecule has 0 aliphatic heterocycles. The number of carboxylic acids is 1. The van der Waals surface area contributed by atoms with E-state index in [9.17, 15) is 22.8 Å². The number of carbonyl (C=O) groups excluding carboxylic acids is 1. The first kappa shape index (κ1) is 22.0. The van der Waals surface area contributed by atoms with Crippen molar-refractivity contribution in [3.63, 3.8) is 0 Å². The number of thiophene rings is 1. The van der Waals surface area contributed by atoms with Crippen molar-refractivity contribution in [2.45, 2.75) is 13.3 Å². The number of oxazole rings is 1. The molecule has 1 aliphatic rings. The minimum atomic E-state index is -1.08. The lowest BCUT2D eigenvalue weighted by molar-refractivity contribution is 0.0697. The number of fused-ring (bicyclic) bond motifs is 1. The number of carbonyl (C=O) groups is 2. The second kappa shape index (κ2) is 9.43. The van der Waals surface area contributed by atoms with Gasteiger partial charge in [-0.15, -0.1) is 11.3 Å². The normalized spacial score (nSPS) is 13.4. The number of amides is 1. The van der Waals surface area contributed by atoms with Crippen molar-refractivity contribution in [3.8, 4) is 0 Å². The predicted octanol–water partition coefficient (Wildman–Crippen LogP) is 6.10. The average Bonchev–Trinajstić information content (AvgIpc) is 3.27. The molecule has 0 unspecified atom stereocenters. The highest BCUT2D eigenvalue weighted by Crippen LogP contribution is 2.28. The Bertz CT molecular complexity index is 1210. The monoisotopic (exact) mass is 448 g/mol. The molecule has 0 bridgehead atoms. The summed E-state index contributed by atoms with van der Waals surface area (Å²) in [6, 6.07) is 7.00. The molecule has 0 saturated heterocycles. The van der Waals surface area contributed by atoms with E-state index in [0.29, 0.717) is 16.7 Å². The number of halogens is 3. The number of rotatable bonds is 3. The number of aromatic nitrogens is 1. The van der Waals surface area contributed by atoms with E-state index in [2.05, 4.69) is 10.3 Å². The fourth-order valence-electron chi connectivity index (χ4n) is 2.55. The maximum absolute atomic E-state index is 12.3. The van der Waals surface area contributed by atoms with Crippen molar-refractivity contribution in [2.24, 2.45) is 0 Å². The van der Waals surface area contributed by atoms with Crippen LogP contribution in [0.5, 0.6) is 0 Å². The Morgan fingerprint density at radius 1 is 1.23 bits per heavy atom. The van der Waals surface area contributed by atoms with Gasteiger partial charge in [0.15, 0.2) is 11.4 Å². The Hall–Kier alpha value is -3.66. The lowest BCUT2D eigenvalue weighted by atomic mass is 10.2. The van der Waals surface area contributed by atoms with Crippen LogP contribution in [0.15, 0.2) is 69.8 Å². The summed E-state index contributed by atoms with van der Waals surface area (Å²) in [4.78, 5) is 27.4. The summed E-state index contributed by atoms with van der Waals surface area (Å²) < 4.78 is 42.1. The number of carboxylic acid groups (broad SMARTS) is 1. The van der Waals surface area contributed by atoms with Gasteiger partial charge >= 0.3 is 11.9 Å². The molecule has 160 valence electrons. The summed E-state index contributed by atoms with van der Waals surface area (Å²) in [5.74, 6) is -4.47. The van der Waals surface area contributed by atoms with Crippen LogP contribution in [0.2, 0.25) is 0 Å². The van der Waals surface area contributed by atoms with E-state index in [1.54, 1.807) is 36.6 Å². The summed E-state index contributed by atoms with van der Waals surface area (Å²) in [7, 11) is 0. The summed E-state index contributed by atoms with van der Waals surface area (Å²) in [6.45, 7) is 1.68. The van der Waals surface area contributed by atoms with Crippen molar-refractivity contribution in [1.82, 2.24) is 4.98 Å². The van der Waals surface area contributed by atoms with Gasteiger partial charge in [0.25, 0.3) is 5.89 Å². The number of nitrogens with zero attached hydrogens (tertiary/aromatic N) is 1. The maximum Gasteiger partial charge on any atom is 0.338 e. The van der Waals surface area contributed by atoms with E-state index in [1.807, 2.05) is 0 Å². The van der Waals surface area contributed by atoms with Crippen molar-refractivity contribution in [3.05, 3.63) is 82.4 Å². The second-order valence-electron chi connectivity index (χ2n) is 6.27. The van der Waals surface area contributed by atoms with Crippen LogP contribution < -0.4 is 5.32 Å². The first-order valence-corrected chi connectivity index (χ1v) is 9.69. The van der Waals surface area contributed by atoms with Gasteiger partial charge in [0.1, 0.15) is 22.2 Å². The van der Waals surface area contributed by atoms with Crippen molar-refractivity contribution in [1.29, 1.82) is 0 Å². The molecule has 0 saturated carbocycles. The molecule has 4 rings (SSSR count). The highest BCUT2D eigenvalue weighted by molar-refractivity contribution is 7.15. The number of aromatic carboxylic acids is 1. The van der Waals surface area contributed by atoms with Gasteiger partial charge in [-0.1, -0.05) is 18.2 Å². The number of hydrogen-bond donors (Lipinski definition) is 2. The van der Waals surface area contributed by atoms with E-state index in [-0.39, 0.29) is 16.5 Å². The van der Waals surface area contributed by atoms with E-state index in [1.165, 1.54) is 0 Å². The Kier molecular flexibility index (Phi) is 6.71. The minimum absolute atomic E-state index is 0.0875. The largest absolute Gasteiger partial charge is 0.478 e. The number of anilines is 1. The van der Waals surface area contributed by atoms with Gasteiger partial charge < -0.3 is 14.8 Å². The zero-order valence-corrected chi connectivity index (χ0v) is 16.8. The molecule has 2 heterocycles. The fourth-order valence-corrected chi connectivity index (χ4v) is 3.48. The SMILES string of the molecule is Cc1csc(NC(=O)c2nc3ccccc3o2)c1C(=O)O.FC1=CC=CC(F)=C(F)C1. The molecule has 2 aromatic heterocycles. The fraction of sp³-hybridized carbons (Fsp3) is 0.0952. The van der Waals surface area contributed by atoms with Gasteiger partial charge in [-0.3, -0.25) is 4.79 Å². The van der Waals surface area contributed by atoms with Crippen molar-refractivity contribution >= 4 is 39.3 Å². The highest BCUT2D eigenvalue weighted by Gasteiger charge is 2.21. The molecule has 1 aromatic carbocycles. The van der Waals surface area contributed by atoms with Gasteiger partial charge in [-0.25, -0.2) is 22.9 Å². The molecule has 0 radical (unpaired) electrons. The molecule has 0 atom stereocenters. The Balaban J connectivity index is 0.000000229. The van der Waals surface area contributed by atoms with Crippen LogP contribution in [0.3, 0.4) is 0 Å². The lowest BCUT2D eigenvalue weighted by Crippen LogP contribution is -2.13. The third-order valence-corrected chi connectivity index (χ3v) is 5.02. The zero-order valence-electron chi connectivity index (χ0n) is 16.0. The molecule has 3 aromatic rings. The minimum Gasteiger partial charge on any atom is -0.478 e. The molecule has 2 N–H and O–H groups in total. The molecule has 10 heteroatoms. The lowest BCUT2D eigenvalue weighted by Gasteiger charge is -2.01. The van der Waals surface area contributed by atoms with Gasteiger partial charge in [0.2, 0.25) is 0 Å². The van der Waals surface area contributed by atoms with Gasteiger partial charge in [0, 0.05) is 0 Å². The molecule has 0 spiro atoms. The molecular formula is C21H15F3N2O4S. The number of aryl methyl sites for hydroxylation is 1. The first-order valence-electron chi connectivity index (χ1n) is 8.81. The predicted molar refractivity (Wildman–Crippen MR) is 110 cm³/mol. The van der Waals surface area contributed by atoms with Crippen molar-refractivity contribution in [2.75, 3.05) is 5.32 Å². The Labute approximate surface area is 178 Å².